The number of methoxy groups -OCH3 is 1. The number of carbonyl (C=O) groups is 1. The summed E-state index contributed by atoms with van der Waals surface area (Å²) in [4.78, 5) is 11.4. The maximum Gasteiger partial charge on any atom is 0.333 e. The Morgan fingerprint density at radius 2 is 2.11 bits per heavy atom. The second-order valence-corrected chi connectivity index (χ2v) is 6.25. The van der Waals surface area contributed by atoms with E-state index in [9.17, 15) is 9.90 Å². The molecule has 1 aliphatic carbocycles. The van der Waals surface area contributed by atoms with Gasteiger partial charge < -0.3 is 9.84 Å². The standard InChI is InChI=1S/C16H28O3/c1-11(2)9-15(17)10-12(3)13-5-7-14(8-6-13)16(18)19-4/h7,11-13,15,17H,5-6,8-10H2,1-4H3/t12-,13+,15-/m1/s1. The molecule has 0 saturated carbocycles. The van der Waals surface area contributed by atoms with Gasteiger partial charge in [0.25, 0.3) is 0 Å². The maximum atomic E-state index is 11.4. The first-order valence-electron chi connectivity index (χ1n) is 7.39. The minimum atomic E-state index is -0.194. The lowest BCUT2D eigenvalue weighted by Crippen LogP contribution is -2.22. The Kier molecular flexibility index (Phi) is 6.56. The SMILES string of the molecule is COC(=O)C1=CC[C@H]([C@H](C)C[C@H](O)CC(C)C)CC1. The van der Waals surface area contributed by atoms with Gasteiger partial charge in [0.1, 0.15) is 0 Å². The first-order chi connectivity index (χ1) is 8.93. The molecule has 0 amide bonds. The van der Waals surface area contributed by atoms with Gasteiger partial charge in [0.15, 0.2) is 0 Å². The van der Waals surface area contributed by atoms with Crippen LogP contribution in [-0.4, -0.2) is 24.3 Å². The van der Waals surface area contributed by atoms with Crippen molar-refractivity contribution in [3.05, 3.63) is 11.6 Å². The zero-order valence-electron chi connectivity index (χ0n) is 12.7. The predicted molar refractivity (Wildman–Crippen MR) is 76.7 cm³/mol. The molecule has 0 spiro atoms. The van der Waals surface area contributed by atoms with Crippen molar-refractivity contribution in [1.29, 1.82) is 0 Å². The van der Waals surface area contributed by atoms with Crippen molar-refractivity contribution in [2.24, 2.45) is 17.8 Å². The van der Waals surface area contributed by atoms with Crippen LogP contribution in [0, 0.1) is 17.8 Å². The van der Waals surface area contributed by atoms with Crippen LogP contribution in [0.15, 0.2) is 11.6 Å². The molecule has 110 valence electrons. The van der Waals surface area contributed by atoms with E-state index in [-0.39, 0.29) is 12.1 Å². The minimum absolute atomic E-state index is 0.189. The zero-order chi connectivity index (χ0) is 14.4. The fraction of sp³-hybridized carbons (Fsp3) is 0.812. The monoisotopic (exact) mass is 268 g/mol. The quantitative estimate of drug-likeness (QED) is 0.752. The number of carbonyl (C=O) groups excluding carboxylic acids is 1. The van der Waals surface area contributed by atoms with E-state index in [4.69, 9.17) is 4.74 Å². The summed E-state index contributed by atoms with van der Waals surface area (Å²) >= 11 is 0. The summed E-state index contributed by atoms with van der Waals surface area (Å²) in [5.74, 6) is 1.43. The van der Waals surface area contributed by atoms with E-state index >= 15 is 0 Å². The Morgan fingerprint density at radius 1 is 1.42 bits per heavy atom. The van der Waals surface area contributed by atoms with Crippen molar-refractivity contribution < 1.29 is 14.6 Å². The van der Waals surface area contributed by atoms with E-state index in [1.54, 1.807) is 0 Å². The van der Waals surface area contributed by atoms with Crippen LogP contribution in [-0.2, 0) is 9.53 Å². The molecule has 0 radical (unpaired) electrons. The van der Waals surface area contributed by atoms with Gasteiger partial charge in [-0.05, 0) is 49.9 Å². The third-order valence-corrected chi connectivity index (χ3v) is 4.09. The first kappa shape index (κ1) is 16.2. The van der Waals surface area contributed by atoms with E-state index < -0.39 is 0 Å². The van der Waals surface area contributed by atoms with Crippen molar-refractivity contribution in [2.75, 3.05) is 7.11 Å². The molecule has 0 aromatic heterocycles. The Labute approximate surface area is 117 Å². The molecule has 0 aromatic rings. The summed E-state index contributed by atoms with van der Waals surface area (Å²) in [6, 6.07) is 0. The minimum Gasteiger partial charge on any atom is -0.466 e. The lowest BCUT2D eigenvalue weighted by molar-refractivity contribution is -0.136. The van der Waals surface area contributed by atoms with Gasteiger partial charge in [-0.1, -0.05) is 26.8 Å². The number of ether oxygens (including phenoxy) is 1. The van der Waals surface area contributed by atoms with Crippen LogP contribution in [0.5, 0.6) is 0 Å². The normalized spacial score (nSPS) is 22.8. The van der Waals surface area contributed by atoms with Crippen LogP contribution in [0.1, 0.15) is 52.9 Å². The summed E-state index contributed by atoms with van der Waals surface area (Å²) in [6.07, 6.45) is 6.33. The molecule has 0 aliphatic heterocycles. The van der Waals surface area contributed by atoms with E-state index in [1.807, 2.05) is 6.08 Å². The van der Waals surface area contributed by atoms with E-state index in [1.165, 1.54) is 7.11 Å². The summed E-state index contributed by atoms with van der Waals surface area (Å²) in [6.45, 7) is 6.49. The van der Waals surface area contributed by atoms with Crippen LogP contribution in [0.4, 0.5) is 0 Å². The molecule has 19 heavy (non-hydrogen) atoms. The van der Waals surface area contributed by atoms with Crippen molar-refractivity contribution in [3.63, 3.8) is 0 Å². The van der Waals surface area contributed by atoms with E-state index in [2.05, 4.69) is 20.8 Å². The van der Waals surface area contributed by atoms with Crippen LogP contribution in [0.3, 0.4) is 0 Å². The fourth-order valence-corrected chi connectivity index (χ4v) is 2.95. The largest absolute Gasteiger partial charge is 0.466 e. The fourth-order valence-electron chi connectivity index (χ4n) is 2.95. The Bertz CT molecular complexity index is 320. The van der Waals surface area contributed by atoms with E-state index in [0.29, 0.717) is 17.8 Å². The highest BCUT2D eigenvalue weighted by Gasteiger charge is 2.25. The molecule has 1 N–H and O–H groups in total. The van der Waals surface area contributed by atoms with Gasteiger partial charge in [0, 0.05) is 5.57 Å². The smallest absolute Gasteiger partial charge is 0.333 e. The lowest BCUT2D eigenvalue weighted by atomic mass is 9.78. The van der Waals surface area contributed by atoms with Gasteiger partial charge in [0.2, 0.25) is 0 Å². The molecule has 3 nitrogen and oxygen atoms in total. The molecule has 0 heterocycles. The molecule has 0 fully saturated rings. The lowest BCUT2D eigenvalue weighted by Gasteiger charge is -2.28. The third-order valence-electron chi connectivity index (χ3n) is 4.09. The van der Waals surface area contributed by atoms with Gasteiger partial charge in [-0.25, -0.2) is 4.79 Å². The number of allylic oxidation sites excluding steroid dienone is 1. The molecule has 0 aromatic carbocycles. The van der Waals surface area contributed by atoms with Gasteiger partial charge in [-0.3, -0.25) is 0 Å². The van der Waals surface area contributed by atoms with Gasteiger partial charge in [-0.15, -0.1) is 0 Å². The molecule has 3 atom stereocenters. The average molecular weight is 268 g/mol. The summed E-state index contributed by atoms with van der Waals surface area (Å²) in [5.41, 5.74) is 0.814. The number of hydrogen-bond acceptors (Lipinski definition) is 3. The third kappa shape index (κ3) is 5.35. The van der Waals surface area contributed by atoms with Gasteiger partial charge in [0.05, 0.1) is 13.2 Å². The summed E-state index contributed by atoms with van der Waals surface area (Å²) in [7, 11) is 1.43. The topological polar surface area (TPSA) is 46.5 Å². The molecule has 1 rings (SSSR count). The predicted octanol–water partition coefficient (Wildman–Crippen LogP) is 3.32. The van der Waals surface area contributed by atoms with Crippen molar-refractivity contribution in [1.82, 2.24) is 0 Å². The van der Waals surface area contributed by atoms with Crippen LogP contribution < -0.4 is 0 Å². The zero-order valence-corrected chi connectivity index (χ0v) is 12.7. The maximum absolute atomic E-state index is 11.4. The second-order valence-electron chi connectivity index (χ2n) is 6.25. The van der Waals surface area contributed by atoms with Crippen molar-refractivity contribution in [3.8, 4) is 0 Å². The highest BCUT2D eigenvalue weighted by atomic mass is 16.5. The number of esters is 1. The molecular formula is C16H28O3. The first-order valence-corrected chi connectivity index (χ1v) is 7.39. The Hall–Kier alpha value is -0.830. The Morgan fingerprint density at radius 3 is 2.58 bits per heavy atom. The van der Waals surface area contributed by atoms with Crippen molar-refractivity contribution >= 4 is 5.97 Å². The van der Waals surface area contributed by atoms with Crippen LogP contribution in [0.25, 0.3) is 0 Å². The number of rotatable bonds is 6. The molecule has 3 heteroatoms. The second kappa shape index (κ2) is 7.68. The number of aliphatic hydroxyl groups excluding tert-OH is 1. The summed E-state index contributed by atoms with van der Waals surface area (Å²) < 4.78 is 4.75. The molecular weight excluding hydrogens is 240 g/mol. The number of aliphatic hydroxyl groups is 1. The molecule has 0 unspecified atom stereocenters. The van der Waals surface area contributed by atoms with Crippen LogP contribution >= 0.6 is 0 Å². The molecule has 0 saturated heterocycles. The summed E-state index contributed by atoms with van der Waals surface area (Å²) in [5, 5.41) is 10.0. The molecule has 1 aliphatic rings. The van der Waals surface area contributed by atoms with E-state index in [0.717, 1.165) is 37.7 Å². The van der Waals surface area contributed by atoms with Crippen molar-refractivity contribution in [2.45, 2.75) is 59.0 Å². The van der Waals surface area contributed by atoms with Gasteiger partial charge in [-0.2, -0.15) is 0 Å². The molecule has 0 bridgehead atoms. The van der Waals surface area contributed by atoms with Gasteiger partial charge >= 0.3 is 5.97 Å². The Balaban J connectivity index is 2.42. The highest BCUT2D eigenvalue weighted by molar-refractivity contribution is 5.88. The van der Waals surface area contributed by atoms with Crippen LogP contribution in [0.2, 0.25) is 0 Å². The number of hydrogen-bond donors (Lipinski definition) is 1. The average Bonchev–Trinajstić information content (AvgIpc) is 2.36. The highest BCUT2D eigenvalue weighted by Crippen LogP contribution is 2.32.